The molecule has 0 aliphatic heterocycles. The first-order valence-electron chi connectivity index (χ1n) is 7.44. The van der Waals surface area contributed by atoms with Gasteiger partial charge in [0.05, 0.1) is 11.8 Å². The average Bonchev–Trinajstić information content (AvgIpc) is 2.32. The summed E-state index contributed by atoms with van der Waals surface area (Å²) < 4.78 is 0.706. The minimum Gasteiger partial charge on any atom is -0.425 e. The molecule has 5 nitrogen and oxygen atoms in total. The van der Waals surface area contributed by atoms with Crippen LogP contribution in [0.2, 0.25) is 0 Å². The van der Waals surface area contributed by atoms with Crippen molar-refractivity contribution >= 4 is 0 Å². The summed E-state index contributed by atoms with van der Waals surface area (Å²) in [6.45, 7) is 8.77. The Kier molecular flexibility index (Phi) is 5.98. The lowest BCUT2D eigenvalue weighted by molar-refractivity contribution is 0.158. The highest BCUT2D eigenvalue weighted by molar-refractivity contribution is 5.18. The SMILES string of the molecule is CC(Cc1cc(CC(O)CN)cc(=O)n1O)CC(C)(C)C. The molecule has 0 radical (unpaired) electrons. The summed E-state index contributed by atoms with van der Waals surface area (Å²) in [5.74, 6) is 0.345. The minimum absolute atomic E-state index is 0.151. The van der Waals surface area contributed by atoms with Crippen molar-refractivity contribution in [2.75, 3.05) is 6.54 Å². The first-order chi connectivity index (χ1) is 9.62. The van der Waals surface area contributed by atoms with E-state index in [1.807, 2.05) is 0 Å². The Bertz CT molecular complexity index is 517. The van der Waals surface area contributed by atoms with Crippen LogP contribution >= 0.6 is 0 Å². The highest BCUT2D eigenvalue weighted by atomic mass is 16.5. The molecule has 4 N–H and O–H groups in total. The molecule has 21 heavy (non-hydrogen) atoms. The van der Waals surface area contributed by atoms with E-state index in [1.165, 1.54) is 6.07 Å². The summed E-state index contributed by atoms with van der Waals surface area (Å²) in [6, 6.07) is 3.12. The maximum atomic E-state index is 11.8. The van der Waals surface area contributed by atoms with E-state index < -0.39 is 11.7 Å². The molecule has 0 amide bonds. The molecule has 5 heteroatoms. The lowest BCUT2D eigenvalue weighted by Crippen LogP contribution is -2.26. The summed E-state index contributed by atoms with van der Waals surface area (Å²) in [7, 11) is 0. The third-order valence-electron chi connectivity index (χ3n) is 3.40. The van der Waals surface area contributed by atoms with Crippen LogP contribution in [-0.4, -0.2) is 27.7 Å². The smallest absolute Gasteiger partial charge is 0.283 e. The molecule has 120 valence electrons. The third-order valence-corrected chi connectivity index (χ3v) is 3.40. The molecule has 1 heterocycles. The van der Waals surface area contributed by atoms with Crippen LogP contribution in [0.1, 0.15) is 45.4 Å². The summed E-state index contributed by atoms with van der Waals surface area (Å²) in [5.41, 5.74) is 6.42. The second-order valence-electron chi connectivity index (χ2n) is 7.17. The summed E-state index contributed by atoms with van der Waals surface area (Å²) in [6.07, 6.45) is 1.28. The number of pyridine rings is 1. The van der Waals surface area contributed by atoms with Crippen LogP contribution in [0.5, 0.6) is 0 Å². The number of nitrogens with zero attached hydrogens (tertiary/aromatic N) is 1. The molecule has 0 saturated heterocycles. The van der Waals surface area contributed by atoms with Gasteiger partial charge in [-0.2, -0.15) is 4.73 Å². The predicted molar refractivity (Wildman–Crippen MR) is 83.6 cm³/mol. The molecule has 0 spiro atoms. The van der Waals surface area contributed by atoms with E-state index in [0.717, 1.165) is 6.42 Å². The Hall–Kier alpha value is -1.33. The van der Waals surface area contributed by atoms with Crippen molar-refractivity contribution in [2.45, 2.75) is 53.1 Å². The molecular formula is C16H28N2O3. The van der Waals surface area contributed by atoms with E-state index >= 15 is 0 Å². The van der Waals surface area contributed by atoms with Crippen LogP contribution in [0.15, 0.2) is 16.9 Å². The van der Waals surface area contributed by atoms with Gasteiger partial charge < -0.3 is 16.0 Å². The van der Waals surface area contributed by atoms with Gasteiger partial charge >= 0.3 is 0 Å². The zero-order chi connectivity index (χ0) is 16.2. The van der Waals surface area contributed by atoms with Gasteiger partial charge in [-0.15, -0.1) is 0 Å². The van der Waals surface area contributed by atoms with E-state index in [-0.39, 0.29) is 12.0 Å². The van der Waals surface area contributed by atoms with Gasteiger partial charge in [0, 0.05) is 12.6 Å². The third kappa shape index (κ3) is 5.89. The van der Waals surface area contributed by atoms with Gasteiger partial charge in [0.15, 0.2) is 0 Å². The highest BCUT2D eigenvalue weighted by Gasteiger charge is 2.18. The predicted octanol–water partition coefficient (Wildman–Crippen LogP) is 1.56. The van der Waals surface area contributed by atoms with Crippen molar-refractivity contribution in [3.63, 3.8) is 0 Å². The van der Waals surface area contributed by atoms with E-state index in [2.05, 4.69) is 27.7 Å². The fourth-order valence-corrected chi connectivity index (χ4v) is 2.77. The number of hydrogen-bond acceptors (Lipinski definition) is 4. The highest BCUT2D eigenvalue weighted by Crippen LogP contribution is 2.26. The van der Waals surface area contributed by atoms with Gasteiger partial charge in [-0.3, -0.25) is 4.79 Å². The Morgan fingerprint density at radius 2 is 1.90 bits per heavy atom. The van der Waals surface area contributed by atoms with Crippen molar-refractivity contribution in [3.05, 3.63) is 33.7 Å². The van der Waals surface area contributed by atoms with Crippen molar-refractivity contribution in [1.29, 1.82) is 0 Å². The minimum atomic E-state index is -0.668. The summed E-state index contributed by atoms with van der Waals surface area (Å²) in [4.78, 5) is 11.8. The van der Waals surface area contributed by atoms with Gasteiger partial charge in [-0.05, 0) is 42.2 Å². The second-order valence-corrected chi connectivity index (χ2v) is 7.17. The number of aliphatic hydroxyl groups is 1. The molecule has 0 fully saturated rings. The summed E-state index contributed by atoms with van der Waals surface area (Å²) in [5, 5.41) is 19.5. The maximum absolute atomic E-state index is 11.8. The van der Waals surface area contributed by atoms with E-state index in [9.17, 15) is 15.1 Å². The maximum Gasteiger partial charge on any atom is 0.283 e. The largest absolute Gasteiger partial charge is 0.425 e. The van der Waals surface area contributed by atoms with Crippen molar-refractivity contribution < 1.29 is 10.3 Å². The van der Waals surface area contributed by atoms with Crippen LogP contribution in [0.25, 0.3) is 0 Å². The van der Waals surface area contributed by atoms with Gasteiger partial charge in [0.25, 0.3) is 5.56 Å². The molecule has 1 aromatic rings. The molecular weight excluding hydrogens is 268 g/mol. The van der Waals surface area contributed by atoms with E-state index in [4.69, 9.17) is 5.73 Å². The zero-order valence-corrected chi connectivity index (χ0v) is 13.5. The van der Waals surface area contributed by atoms with Crippen LogP contribution in [0.3, 0.4) is 0 Å². The van der Waals surface area contributed by atoms with E-state index in [0.29, 0.717) is 34.7 Å². The Morgan fingerprint density at radius 3 is 2.43 bits per heavy atom. The molecule has 0 bridgehead atoms. The van der Waals surface area contributed by atoms with Gasteiger partial charge in [-0.1, -0.05) is 27.7 Å². The van der Waals surface area contributed by atoms with E-state index in [1.54, 1.807) is 6.07 Å². The lowest BCUT2D eigenvalue weighted by Gasteiger charge is -2.23. The zero-order valence-electron chi connectivity index (χ0n) is 13.5. The summed E-state index contributed by atoms with van der Waals surface area (Å²) >= 11 is 0. The second kappa shape index (κ2) is 7.09. The molecule has 0 saturated carbocycles. The Labute approximate surface area is 126 Å². The molecule has 0 aliphatic rings. The molecule has 2 unspecified atom stereocenters. The lowest BCUT2D eigenvalue weighted by atomic mass is 9.83. The first kappa shape index (κ1) is 17.7. The number of rotatable bonds is 6. The molecule has 0 aromatic carbocycles. The molecule has 2 atom stereocenters. The quantitative estimate of drug-likeness (QED) is 0.695. The topological polar surface area (TPSA) is 88.5 Å². The molecule has 1 rings (SSSR count). The fraction of sp³-hybridized carbons (Fsp3) is 0.688. The van der Waals surface area contributed by atoms with Crippen LogP contribution in [-0.2, 0) is 12.8 Å². The normalized spacial score (nSPS) is 15.0. The Morgan fingerprint density at radius 1 is 1.29 bits per heavy atom. The van der Waals surface area contributed by atoms with Crippen LogP contribution < -0.4 is 11.3 Å². The molecule has 1 aromatic heterocycles. The Balaban J connectivity index is 2.93. The monoisotopic (exact) mass is 296 g/mol. The average molecular weight is 296 g/mol. The van der Waals surface area contributed by atoms with Crippen LogP contribution in [0.4, 0.5) is 0 Å². The number of nitrogens with two attached hydrogens (primary N) is 1. The van der Waals surface area contributed by atoms with Gasteiger partial charge in [0.1, 0.15) is 0 Å². The van der Waals surface area contributed by atoms with Crippen molar-refractivity contribution in [2.24, 2.45) is 17.1 Å². The van der Waals surface area contributed by atoms with Crippen molar-refractivity contribution in [1.82, 2.24) is 4.73 Å². The standard InChI is InChI=1S/C16H28N2O3/c1-11(9-16(2,3)4)5-13-6-12(7-14(19)10-17)8-15(20)18(13)21/h6,8,11,14,19,21H,5,7,9-10,17H2,1-4H3. The van der Waals surface area contributed by atoms with Crippen LogP contribution in [0, 0.1) is 11.3 Å². The van der Waals surface area contributed by atoms with Crippen molar-refractivity contribution in [3.8, 4) is 0 Å². The number of aromatic nitrogens is 1. The van der Waals surface area contributed by atoms with Gasteiger partial charge in [0.2, 0.25) is 0 Å². The number of aliphatic hydroxyl groups excluding tert-OH is 1. The molecule has 0 aliphatic carbocycles. The number of hydrogen-bond donors (Lipinski definition) is 3. The first-order valence-corrected chi connectivity index (χ1v) is 7.44. The van der Waals surface area contributed by atoms with Gasteiger partial charge in [-0.25, -0.2) is 0 Å². The fourth-order valence-electron chi connectivity index (χ4n) is 2.77.